The molecule has 3 rings (SSSR count). The summed E-state index contributed by atoms with van der Waals surface area (Å²) >= 11 is 6.19. The Hall–Kier alpha value is -1.71. The number of ether oxygens (including phenoxy) is 2. The van der Waals surface area contributed by atoms with Gasteiger partial charge >= 0.3 is 0 Å². The summed E-state index contributed by atoms with van der Waals surface area (Å²) in [6, 6.07) is 12.7. The highest BCUT2D eigenvalue weighted by Crippen LogP contribution is 2.39. The summed E-state index contributed by atoms with van der Waals surface area (Å²) < 4.78 is 10.7. The first-order valence-electron chi connectivity index (χ1n) is 7.01. The van der Waals surface area contributed by atoms with Crippen LogP contribution in [0.25, 0.3) is 0 Å². The Morgan fingerprint density at radius 1 is 1.19 bits per heavy atom. The Morgan fingerprint density at radius 2 is 1.95 bits per heavy atom. The Labute approximate surface area is 129 Å². The minimum absolute atomic E-state index is 0.242. The molecule has 1 N–H and O–H groups in total. The molecule has 2 aromatic carbocycles. The van der Waals surface area contributed by atoms with E-state index in [1.54, 1.807) is 0 Å². The average Bonchev–Trinajstić information content (AvgIpc) is 2.94. The van der Waals surface area contributed by atoms with Gasteiger partial charge in [-0.2, -0.15) is 0 Å². The van der Waals surface area contributed by atoms with E-state index < -0.39 is 0 Å². The van der Waals surface area contributed by atoms with Crippen molar-refractivity contribution in [3.05, 3.63) is 58.1 Å². The van der Waals surface area contributed by atoms with Crippen molar-refractivity contribution in [3.8, 4) is 11.5 Å². The number of nitrogens with one attached hydrogen (secondary N) is 1. The van der Waals surface area contributed by atoms with Gasteiger partial charge in [0, 0.05) is 12.6 Å². The lowest BCUT2D eigenvalue weighted by Gasteiger charge is -2.15. The van der Waals surface area contributed by atoms with Crippen molar-refractivity contribution in [2.45, 2.75) is 26.4 Å². The molecule has 0 fully saturated rings. The van der Waals surface area contributed by atoms with Gasteiger partial charge in [0.1, 0.15) is 0 Å². The van der Waals surface area contributed by atoms with Gasteiger partial charge in [0.15, 0.2) is 11.5 Å². The molecule has 1 heterocycles. The molecule has 0 bridgehead atoms. The molecule has 0 aromatic heterocycles. The predicted octanol–water partition coefficient (Wildman–Crippen LogP) is 4.23. The first-order valence-corrected chi connectivity index (χ1v) is 7.39. The summed E-state index contributed by atoms with van der Waals surface area (Å²) in [5, 5.41) is 4.10. The van der Waals surface area contributed by atoms with Gasteiger partial charge in [-0.15, -0.1) is 0 Å². The molecule has 1 atom stereocenters. The van der Waals surface area contributed by atoms with E-state index >= 15 is 0 Å². The predicted molar refractivity (Wildman–Crippen MR) is 84.0 cm³/mol. The third-order valence-corrected chi connectivity index (χ3v) is 3.96. The number of fused-ring (bicyclic) bond motifs is 1. The summed E-state index contributed by atoms with van der Waals surface area (Å²) in [6.45, 7) is 5.22. The van der Waals surface area contributed by atoms with E-state index in [0.717, 1.165) is 17.9 Å². The quantitative estimate of drug-likeness (QED) is 0.917. The third kappa shape index (κ3) is 3.14. The molecule has 0 radical (unpaired) electrons. The second kappa shape index (κ2) is 5.96. The van der Waals surface area contributed by atoms with E-state index in [1.807, 2.05) is 12.1 Å². The minimum Gasteiger partial charge on any atom is -0.454 e. The van der Waals surface area contributed by atoms with Crippen LogP contribution < -0.4 is 14.8 Å². The number of halogens is 1. The Bertz CT molecular complexity index is 640. The van der Waals surface area contributed by atoms with Crippen molar-refractivity contribution in [2.75, 3.05) is 6.79 Å². The maximum absolute atomic E-state index is 6.19. The van der Waals surface area contributed by atoms with Gasteiger partial charge in [-0.3, -0.25) is 0 Å². The fourth-order valence-electron chi connectivity index (χ4n) is 2.37. The highest BCUT2D eigenvalue weighted by Gasteiger charge is 2.18. The number of hydrogen-bond acceptors (Lipinski definition) is 3. The van der Waals surface area contributed by atoms with Crippen LogP contribution in [0.5, 0.6) is 11.5 Å². The molecule has 1 aliphatic rings. The molecule has 0 amide bonds. The average molecular weight is 304 g/mol. The van der Waals surface area contributed by atoms with Gasteiger partial charge in [0.2, 0.25) is 6.79 Å². The van der Waals surface area contributed by atoms with Gasteiger partial charge in [-0.05, 0) is 37.1 Å². The maximum Gasteiger partial charge on any atom is 0.231 e. The molecule has 0 saturated carbocycles. The summed E-state index contributed by atoms with van der Waals surface area (Å²) in [5.41, 5.74) is 3.63. The van der Waals surface area contributed by atoms with Gasteiger partial charge < -0.3 is 14.8 Å². The van der Waals surface area contributed by atoms with Crippen LogP contribution in [0.2, 0.25) is 5.02 Å². The highest BCUT2D eigenvalue weighted by atomic mass is 35.5. The number of benzene rings is 2. The second-order valence-electron chi connectivity index (χ2n) is 5.32. The van der Waals surface area contributed by atoms with E-state index in [4.69, 9.17) is 21.1 Å². The topological polar surface area (TPSA) is 30.5 Å². The van der Waals surface area contributed by atoms with E-state index in [9.17, 15) is 0 Å². The van der Waals surface area contributed by atoms with Gasteiger partial charge in [0.25, 0.3) is 0 Å². The zero-order valence-electron chi connectivity index (χ0n) is 12.2. The Morgan fingerprint density at radius 3 is 2.71 bits per heavy atom. The van der Waals surface area contributed by atoms with Gasteiger partial charge in [0.05, 0.1) is 5.02 Å². The lowest BCUT2D eigenvalue weighted by molar-refractivity contribution is 0.174. The molecule has 0 saturated heterocycles. The van der Waals surface area contributed by atoms with Crippen LogP contribution in [0.4, 0.5) is 0 Å². The Kier molecular flexibility index (Phi) is 4.04. The van der Waals surface area contributed by atoms with Crippen molar-refractivity contribution >= 4 is 11.6 Å². The highest BCUT2D eigenvalue weighted by molar-refractivity contribution is 6.32. The van der Waals surface area contributed by atoms with E-state index in [1.165, 1.54) is 11.1 Å². The fraction of sp³-hybridized carbons (Fsp3) is 0.294. The largest absolute Gasteiger partial charge is 0.454 e. The monoisotopic (exact) mass is 303 g/mol. The Balaban J connectivity index is 1.67. The summed E-state index contributed by atoms with van der Waals surface area (Å²) in [7, 11) is 0. The molecule has 110 valence electrons. The fourth-order valence-corrected chi connectivity index (χ4v) is 2.65. The normalized spacial score (nSPS) is 14.2. The third-order valence-electron chi connectivity index (χ3n) is 3.68. The van der Waals surface area contributed by atoms with E-state index in [-0.39, 0.29) is 12.8 Å². The zero-order chi connectivity index (χ0) is 14.8. The van der Waals surface area contributed by atoms with Crippen molar-refractivity contribution < 1.29 is 9.47 Å². The van der Waals surface area contributed by atoms with Crippen molar-refractivity contribution in [1.82, 2.24) is 5.32 Å². The lowest BCUT2D eigenvalue weighted by Crippen LogP contribution is -2.18. The van der Waals surface area contributed by atoms with E-state index in [2.05, 4.69) is 43.4 Å². The molecule has 21 heavy (non-hydrogen) atoms. The van der Waals surface area contributed by atoms with Gasteiger partial charge in [-0.1, -0.05) is 41.4 Å². The van der Waals surface area contributed by atoms with Crippen molar-refractivity contribution in [1.29, 1.82) is 0 Å². The standard InChI is InChI=1S/C17H18ClNO2/c1-11-3-5-14(6-4-11)12(2)19-9-13-7-15(18)17-16(8-13)20-10-21-17/h3-8,12,19H,9-10H2,1-2H3/t12-/m1/s1. The molecule has 4 heteroatoms. The molecule has 0 unspecified atom stereocenters. The first kappa shape index (κ1) is 14.2. The van der Waals surface area contributed by atoms with Crippen LogP contribution >= 0.6 is 11.6 Å². The van der Waals surface area contributed by atoms with Crippen molar-refractivity contribution in [3.63, 3.8) is 0 Å². The molecule has 0 aliphatic carbocycles. The van der Waals surface area contributed by atoms with Crippen molar-refractivity contribution in [2.24, 2.45) is 0 Å². The maximum atomic E-state index is 6.19. The molecule has 2 aromatic rings. The second-order valence-corrected chi connectivity index (χ2v) is 5.73. The van der Waals surface area contributed by atoms with Crippen LogP contribution in [-0.2, 0) is 6.54 Å². The number of hydrogen-bond donors (Lipinski definition) is 1. The van der Waals surface area contributed by atoms with Crippen LogP contribution in [0, 0.1) is 6.92 Å². The molecule has 0 spiro atoms. The lowest BCUT2D eigenvalue weighted by atomic mass is 10.1. The molecule has 3 nitrogen and oxygen atoms in total. The zero-order valence-corrected chi connectivity index (χ0v) is 12.9. The van der Waals surface area contributed by atoms with Crippen LogP contribution in [-0.4, -0.2) is 6.79 Å². The summed E-state index contributed by atoms with van der Waals surface area (Å²) in [6.07, 6.45) is 0. The summed E-state index contributed by atoms with van der Waals surface area (Å²) in [5.74, 6) is 1.37. The first-order chi connectivity index (χ1) is 10.1. The SMILES string of the molecule is Cc1ccc([C@@H](C)NCc2cc(Cl)c3c(c2)OCO3)cc1. The summed E-state index contributed by atoms with van der Waals surface area (Å²) in [4.78, 5) is 0. The van der Waals surface area contributed by atoms with Crippen LogP contribution in [0.3, 0.4) is 0 Å². The van der Waals surface area contributed by atoms with Crippen LogP contribution in [0.15, 0.2) is 36.4 Å². The minimum atomic E-state index is 0.242. The van der Waals surface area contributed by atoms with Crippen LogP contribution in [0.1, 0.15) is 29.7 Å². The number of aryl methyl sites for hydroxylation is 1. The number of rotatable bonds is 4. The smallest absolute Gasteiger partial charge is 0.231 e. The van der Waals surface area contributed by atoms with Gasteiger partial charge in [-0.25, -0.2) is 0 Å². The molecular formula is C17H18ClNO2. The molecular weight excluding hydrogens is 286 g/mol. The van der Waals surface area contributed by atoms with E-state index in [0.29, 0.717) is 10.8 Å². The molecule has 1 aliphatic heterocycles.